The van der Waals surface area contributed by atoms with Crippen LogP contribution in [0.2, 0.25) is 0 Å². The first-order chi connectivity index (χ1) is 19.7. The van der Waals surface area contributed by atoms with Crippen molar-refractivity contribution in [2.75, 3.05) is 6.61 Å². The summed E-state index contributed by atoms with van der Waals surface area (Å²) < 4.78 is 26.6. The lowest BCUT2D eigenvalue weighted by Crippen LogP contribution is -2.39. The van der Waals surface area contributed by atoms with E-state index in [0.29, 0.717) is 26.3 Å². The number of ether oxygens (including phenoxy) is 2. The average Bonchev–Trinajstić information content (AvgIpc) is 3.26. The zero-order valence-electron chi connectivity index (χ0n) is 22.1. The minimum absolute atomic E-state index is 0.0136. The van der Waals surface area contributed by atoms with Crippen molar-refractivity contribution in [3.63, 3.8) is 0 Å². The van der Waals surface area contributed by atoms with E-state index in [1.54, 1.807) is 68.5 Å². The number of aromatic nitrogens is 1. The number of rotatable bonds is 8. The monoisotopic (exact) mass is 573 g/mol. The van der Waals surface area contributed by atoms with Gasteiger partial charge in [-0.3, -0.25) is 19.5 Å². The van der Waals surface area contributed by atoms with Crippen LogP contribution in [-0.4, -0.2) is 22.1 Å². The molecule has 0 fully saturated rings. The molecule has 0 amide bonds. The molecule has 41 heavy (non-hydrogen) atoms. The van der Waals surface area contributed by atoms with E-state index in [4.69, 9.17) is 9.47 Å². The largest absolute Gasteiger partial charge is 0.489 e. The summed E-state index contributed by atoms with van der Waals surface area (Å²) in [5.74, 6) is -0.422. The number of nitrogens with zero attached hydrogens (tertiary/aromatic N) is 3. The Bertz CT molecular complexity index is 1830. The summed E-state index contributed by atoms with van der Waals surface area (Å²) in [6, 6.07) is 18.1. The lowest BCUT2D eigenvalue weighted by atomic mass is 9.96. The molecule has 0 radical (unpaired) electrons. The Morgan fingerprint density at radius 2 is 1.78 bits per heavy atom. The van der Waals surface area contributed by atoms with Gasteiger partial charge in [-0.1, -0.05) is 35.6 Å². The smallest absolute Gasteiger partial charge is 0.338 e. The van der Waals surface area contributed by atoms with Crippen LogP contribution >= 0.6 is 11.3 Å². The SMILES string of the molecule is CCOC(=O)C1=C(C)N=c2s/c(=C\c3ccc(OCc4ccc([N+](=O)[O-])cc4)cc3)c(=O)n2[C@H]1c1ccc(F)cc1. The maximum Gasteiger partial charge on any atom is 0.338 e. The second-order valence-corrected chi connectivity index (χ2v) is 10.1. The van der Waals surface area contributed by atoms with E-state index in [2.05, 4.69) is 4.99 Å². The van der Waals surface area contributed by atoms with Crippen molar-refractivity contribution in [1.29, 1.82) is 0 Å². The van der Waals surface area contributed by atoms with E-state index in [0.717, 1.165) is 11.1 Å². The molecule has 5 rings (SSSR count). The van der Waals surface area contributed by atoms with Crippen LogP contribution in [0, 0.1) is 15.9 Å². The number of carbonyl (C=O) groups excluding carboxylic acids is 1. The molecular formula is C30H24FN3O6S. The van der Waals surface area contributed by atoms with Crippen LogP contribution < -0.4 is 19.6 Å². The number of esters is 1. The Hall–Kier alpha value is -4.90. The lowest BCUT2D eigenvalue weighted by molar-refractivity contribution is -0.384. The van der Waals surface area contributed by atoms with Gasteiger partial charge in [-0.25, -0.2) is 14.2 Å². The first kappa shape index (κ1) is 27.7. The van der Waals surface area contributed by atoms with Crippen LogP contribution in [-0.2, 0) is 16.1 Å². The van der Waals surface area contributed by atoms with E-state index in [9.17, 15) is 24.1 Å². The molecule has 0 bridgehead atoms. The molecule has 0 saturated carbocycles. The van der Waals surface area contributed by atoms with Crippen molar-refractivity contribution in [1.82, 2.24) is 4.57 Å². The van der Waals surface area contributed by atoms with Gasteiger partial charge in [0.2, 0.25) is 0 Å². The number of fused-ring (bicyclic) bond motifs is 1. The quantitative estimate of drug-likeness (QED) is 0.175. The Morgan fingerprint density at radius 3 is 2.41 bits per heavy atom. The summed E-state index contributed by atoms with van der Waals surface area (Å²) in [6.07, 6.45) is 1.73. The van der Waals surface area contributed by atoms with Crippen molar-refractivity contribution in [2.24, 2.45) is 4.99 Å². The van der Waals surface area contributed by atoms with Crippen LogP contribution in [0.4, 0.5) is 10.1 Å². The topological polar surface area (TPSA) is 113 Å². The second kappa shape index (κ2) is 11.7. The van der Waals surface area contributed by atoms with E-state index >= 15 is 0 Å². The zero-order chi connectivity index (χ0) is 29.1. The zero-order valence-corrected chi connectivity index (χ0v) is 22.9. The molecule has 0 spiro atoms. The summed E-state index contributed by atoms with van der Waals surface area (Å²) in [5.41, 5.74) is 2.43. The third kappa shape index (κ3) is 5.85. The van der Waals surface area contributed by atoms with Crippen molar-refractivity contribution in [3.8, 4) is 5.75 Å². The molecule has 0 unspecified atom stereocenters. The second-order valence-electron chi connectivity index (χ2n) is 9.14. The van der Waals surface area contributed by atoms with Gasteiger partial charge in [0, 0.05) is 12.1 Å². The third-order valence-electron chi connectivity index (χ3n) is 6.43. The highest BCUT2D eigenvalue weighted by atomic mass is 32.1. The van der Waals surface area contributed by atoms with Crippen molar-refractivity contribution < 1.29 is 23.6 Å². The number of allylic oxidation sites excluding steroid dienone is 1. The third-order valence-corrected chi connectivity index (χ3v) is 7.42. The number of halogens is 1. The van der Waals surface area contributed by atoms with Gasteiger partial charge < -0.3 is 9.47 Å². The summed E-state index contributed by atoms with van der Waals surface area (Å²) in [5, 5.41) is 10.8. The Balaban J connectivity index is 1.44. The Morgan fingerprint density at radius 1 is 1.10 bits per heavy atom. The van der Waals surface area contributed by atoms with Gasteiger partial charge in [0.25, 0.3) is 11.2 Å². The molecule has 3 aromatic carbocycles. The first-order valence-electron chi connectivity index (χ1n) is 12.7. The molecule has 1 aliphatic heterocycles. The first-order valence-corrected chi connectivity index (χ1v) is 13.5. The van der Waals surface area contributed by atoms with Gasteiger partial charge in [-0.05, 0) is 73.0 Å². The highest BCUT2D eigenvalue weighted by Crippen LogP contribution is 2.30. The fourth-order valence-corrected chi connectivity index (χ4v) is 5.49. The normalized spacial score (nSPS) is 14.8. The van der Waals surface area contributed by atoms with Gasteiger partial charge in [-0.15, -0.1) is 0 Å². The summed E-state index contributed by atoms with van der Waals surface area (Å²) in [6.45, 7) is 3.78. The number of nitro benzene ring substituents is 1. The van der Waals surface area contributed by atoms with Crippen molar-refractivity contribution in [3.05, 3.63) is 136 Å². The molecule has 1 aliphatic rings. The number of carbonyl (C=O) groups is 1. The Labute approximate surface area is 237 Å². The van der Waals surface area contributed by atoms with Crippen molar-refractivity contribution in [2.45, 2.75) is 26.5 Å². The van der Waals surface area contributed by atoms with Gasteiger partial charge >= 0.3 is 5.97 Å². The average molecular weight is 574 g/mol. The van der Waals surface area contributed by atoms with Gasteiger partial charge in [0.05, 0.1) is 33.4 Å². The number of thiazole rings is 1. The Kier molecular flexibility index (Phi) is 7.88. The fourth-order valence-electron chi connectivity index (χ4n) is 4.44. The number of non-ortho nitro benzene ring substituents is 1. The van der Waals surface area contributed by atoms with Crippen LogP contribution in [0.1, 0.15) is 36.6 Å². The van der Waals surface area contributed by atoms with Crippen LogP contribution in [0.25, 0.3) is 6.08 Å². The minimum Gasteiger partial charge on any atom is -0.489 e. The highest BCUT2D eigenvalue weighted by Gasteiger charge is 2.33. The number of hydrogen-bond donors (Lipinski definition) is 0. The van der Waals surface area contributed by atoms with Crippen LogP contribution in [0.15, 0.2) is 93.9 Å². The summed E-state index contributed by atoms with van der Waals surface area (Å²) >= 11 is 1.19. The standard InChI is InChI=1S/C30H24FN3O6S/c1-3-39-29(36)26-18(2)32-30-33(27(26)21-8-10-22(31)11-9-21)28(35)25(41-30)16-19-6-14-24(15-7-19)40-17-20-4-12-23(13-5-20)34(37)38/h4-16,27H,3,17H2,1-2H3/b25-16-/t27-/m0/s1. The van der Waals surface area contributed by atoms with Gasteiger partial charge in [0.15, 0.2) is 4.80 Å². The minimum atomic E-state index is -0.816. The lowest BCUT2D eigenvalue weighted by Gasteiger charge is -2.24. The molecule has 11 heteroatoms. The molecule has 1 atom stereocenters. The number of benzene rings is 3. The predicted molar refractivity (Wildman–Crippen MR) is 151 cm³/mol. The highest BCUT2D eigenvalue weighted by molar-refractivity contribution is 7.07. The number of nitro groups is 1. The maximum atomic E-state index is 13.7. The summed E-state index contributed by atoms with van der Waals surface area (Å²) in [7, 11) is 0. The molecule has 0 aliphatic carbocycles. The predicted octanol–water partition coefficient (Wildman–Crippen LogP) is 4.42. The van der Waals surface area contributed by atoms with Crippen molar-refractivity contribution >= 4 is 29.1 Å². The van der Waals surface area contributed by atoms with E-state index < -0.39 is 22.8 Å². The molecular weight excluding hydrogens is 549 g/mol. The van der Waals surface area contributed by atoms with Crippen LogP contribution in [0.5, 0.6) is 5.75 Å². The summed E-state index contributed by atoms with van der Waals surface area (Å²) in [4.78, 5) is 41.9. The maximum absolute atomic E-state index is 13.7. The van der Waals surface area contributed by atoms with Gasteiger partial charge in [-0.2, -0.15) is 0 Å². The molecule has 208 valence electrons. The molecule has 2 heterocycles. The van der Waals surface area contributed by atoms with Crippen LogP contribution in [0.3, 0.4) is 0 Å². The molecule has 4 aromatic rings. The van der Waals surface area contributed by atoms with E-state index in [-0.39, 0.29) is 30.0 Å². The van der Waals surface area contributed by atoms with E-state index in [1.165, 1.54) is 40.2 Å². The molecule has 9 nitrogen and oxygen atoms in total. The molecule has 1 aromatic heterocycles. The number of hydrogen-bond acceptors (Lipinski definition) is 8. The molecule has 0 saturated heterocycles. The fraction of sp³-hybridized carbons (Fsp3) is 0.167. The molecule has 0 N–H and O–H groups in total. The van der Waals surface area contributed by atoms with E-state index in [1.807, 2.05) is 0 Å². The van der Waals surface area contributed by atoms with Gasteiger partial charge in [0.1, 0.15) is 18.2 Å².